The van der Waals surface area contributed by atoms with E-state index in [0.717, 1.165) is 29.7 Å². The van der Waals surface area contributed by atoms with Gasteiger partial charge in [0.1, 0.15) is 5.78 Å². The van der Waals surface area contributed by atoms with Crippen molar-refractivity contribution in [2.45, 2.75) is 31.7 Å². The molecule has 0 bridgehead atoms. The van der Waals surface area contributed by atoms with Crippen molar-refractivity contribution < 1.29 is 4.79 Å². The molecule has 2 aromatic rings. The van der Waals surface area contributed by atoms with Gasteiger partial charge in [-0.3, -0.25) is 4.79 Å². The molecule has 0 N–H and O–H groups in total. The topological polar surface area (TPSA) is 46.1 Å². The number of carbonyl (C=O) groups is 1. The Bertz CT molecular complexity index is 601. The number of ketones is 1. The first-order valence-corrected chi connectivity index (χ1v) is 6.70. The number of hydrogen-bond donors (Lipinski definition) is 0. The summed E-state index contributed by atoms with van der Waals surface area (Å²) in [5.74, 6) is 1.13. The van der Waals surface area contributed by atoms with Gasteiger partial charge in [0, 0.05) is 37.5 Å². The molecule has 1 aromatic heterocycles. The lowest BCUT2D eigenvalue weighted by Crippen LogP contribution is -2.36. The Hall–Kier alpha value is -1.97. The standard InChI is InChI=1S/C15H17N3O/c1-18(12-6-8-13(19)9-7-12)15-16-10-11-4-2-3-5-14(11)17-15/h2-5,10,12H,6-9H2,1H3. The third-order valence-corrected chi connectivity index (χ3v) is 3.85. The van der Waals surface area contributed by atoms with Gasteiger partial charge in [0.05, 0.1) is 5.52 Å². The molecule has 1 aromatic carbocycles. The van der Waals surface area contributed by atoms with Crippen LogP contribution >= 0.6 is 0 Å². The number of aromatic nitrogens is 2. The van der Waals surface area contributed by atoms with E-state index in [2.05, 4.69) is 14.9 Å². The molecule has 0 aliphatic heterocycles. The minimum atomic E-state index is 0.374. The Kier molecular flexibility index (Phi) is 3.15. The van der Waals surface area contributed by atoms with Crippen LogP contribution in [-0.4, -0.2) is 28.8 Å². The molecule has 1 saturated carbocycles. The summed E-state index contributed by atoms with van der Waals surface area (Å²) in [6.07, 6.45) is 5.05. The first-order valence-electron chi connectivity index (χ1n) is 6.70. The number of Topliss-reactive ketones (excluding diaryl/α,β-unsaturated/α-hetero) is 1. The molecule has 0 saturated heterocycles. The summed E-state index contributed by atoms with van der Waals surface area (Å²) in [5, 5.41) is 1.05. The van der Waals surface area contributed by atoms with Gasteiger partial charge in [0.15, 0.2) is 0 Å². The summed E-state index contributed by atoms with van der Waals surface area (Å²) in [6.45, 7) is 0. The Morgan fingerprint density at radius 3 is 2.74 bits per heavy atom. The zero-order valence-electron chi connectivity index (χ0n) is 11.0. The number of rotatable bonds is 2. The molecule has 4 heteroatoms. The van der Waals surface area contributed by atoms with Crippen molar-refractivity contribution in [2.75, 3.05) is 11.9 Å². The maximum Gasteiger partial charge on any atom is 0.225 e. The van der Waals surface area contributed by atoms with Gasteiger partial charge in [-0.1, -0.05) is 18.2 Å². The quantitative estimate of drug-likeness (QED) is 0.827. The Morgan fingerprint density at radius 2 is 1.95 bits per heavy atom. The van der Waals surface area contributed by atoms with Crippen molar-refractivity contribution in [3.63, 3.8) is 0 Å². The van der Waals surface area contributed by atoms with E-state index in [-0.39, 0.29) is 0 Å². The SMILES string of the molecule is CN(c1ncc2ccccc2n1)C1CCC(=O)CC1. The molecule has 0 amide bonds. The van der Waals surface area contributed by atoms with Gasteiger partial charge < -0.3 is 4.90 Å². The number of carbonyl (C=O) groups excluding carboxylic acids is 1. The van der Waals surface area contributed by atoms with E-state index >= 15 is 0 Å². The average Bonchev–Trinajstić information content (AvgIpc) is 2.47. The monoisotopic (exact) mass is 255 g/mol. The second kappa shape index (κ2) is 4.96. The van der Waals surface area contributed by atoms with Crippen LogP contribution in [0.1, 0.15) is 25.7 Å². The van der Waals surface area contributed by atoms with Crippen molar-refractivity contribution in [1.82, 2.24) is 9.97 Å². The molecule has 4 nitrogen and oxygen atoms in total. The summed E-state index contributed by atoms with van der Waals surface area (Å²) in [6, 6.07) is 8.36. The van der Waals surface area contributed by atoms with Gasteiger partial charge in [-0.05, 0) is 18.9 Å². The second-order valence-corrected chi connectivity index (χ2v) is 5.11. The largest absolute Gasteiger partial charge is 0.341 e. The van der Waals surface area contributed by atoms with E-state index in [1.54, 1.807) is 0 Å². The van der Waals surface area contributed by atoms with Crippen molar-refractivity contribution in [1.29, 1.82) is 0 Å². The zero-order valence-corrected chi connectivity index (χ0v) is 11.0. The third-order valence-electron chi connectivity index (χ3n) is 3.85. The van der Waals surface area contributed by atoms with Crippen LogP contribution in [0, 0.1) is 0 Å². The van der Waals surface area contributed by atoms with Crippen LogP contribution in [0.3, 0.4) is 0 Å². The molecule has 0 spiro atoms. The first kappa shape index (κ1) is 12.1. The Balaban J connectivity index is 1.84. The smallest absolute Gasteiger partial charge is 0.225 e. The fourth-order valence-electron chi connectivity index (χ4n) is 2.61. The van der Waals surface area contributed by atoms with Crippen LogP contribution in [0.2, 0.25) is 0 Å². The van der Waals surface area contributed by atoms with Crippen LogP contribution in [-0.2, 0) is 4.79 Å². The van der Waals surface area contributed by atoms with Crippen LogP contribution < -0.4 is 4.90 Å². The van der Waals surface area contributed by atoms with Crippen LogP contribution in [0.15, 0.2) is 30.5 Å². The van der Waals surface area contributed by atoms with E-state index < -0.39 is 0 Å². The maximum absolute atomic E-state index is 11.3. The number of nitrogens with zero attached hydrogens (tertiary/aromatic N) is 3. The van der Waals surface area contributed by atoms with E-state index in [4.69, 9.17) is 0 Å². The van der Waals surface area contributed by atoms with Crippen molar-refractivity contribution >= 4 is 22.6 Å². The van der Waals surface area contributed by atoms with E-state index in [1.165, 1.54) is 0 Å². The highest BCUT2D eigenvalue weighted by molar-refractivity contribution is 5.80. The summed E-state index contributed by atoms with van der Waals surface area (Å²) in [5.41, 5.74) is 0.964. The molecule has 1 fully saturated rings. The Morgan fingerprint density at radius 1 is 1.21 bits per heavy atom. The number of fused-ring (bicyclic) bond motifs is 1. The number of anilines is 1. The van der Waals surface area contributed by atoms with Crippen LogP contribution in [0.5, 0.6) is 0 Å². The molecule has 1 aliphatic rings. The van der Waals surface area contributed by atoms with Crippen molar-refractivity contribution in [3.05, 3.63) is 30.5 Å². The highest BCUT2D eigenvalue weighted by Crippen LogP contribution is 2.23. The van der Waals surface area contributed by atoms with Crippen LogP contribution in [0.25, 0.3) is 10.9 Å². The molecule has 0 atom stereocenters. The third kappa shape index (κ3) is 2.43. The predicted octanol–water partition coefficient (Wildman–Crippen LogP) is 2.58. The van der Waals surface area contributed by atoms with Crippen molar-refractivity contribution in [3.8, 4) is 0 Å². The Labute approximate surface area is 112 Å². The van der Waals surface area contributed by atoms with Gasteiger partial charge in [0.25, 0.3) is 0 Å². The highest BCUT2D eigenvalue weighted by atomic mass is 16.1. The van der Waals surface area contributed by atoms with E-state index in [9.17, 15) is 4.79 Å². The lowest BCUT2D eigenvalue weighted by atomic mass is 9.93. The van der Waals surface area contributed by atoms with Crippen LogP contribution in [0.4, 0.5) is 5.95 Å². The first-order chi connectivity index (χ1) is 9.24. The van der Waals surface area contributed by atoms with Gasteiger partial charge in [0.2, 0.25) is 5.95 Å². The molecule has 0 unspecified atom stereocenters. The minimum Gasteiger partial charge on any atom is -0.341 e. The summed E-state index contributed by atoms with van der Waals surface area (Å²) < 4.78 is 0. The lowest BCUT2D eigenvalue weighted by molar-refractivity contribution is -0.120. The summed E-state index contributed by atoms with van der Waals surface area (Å²) in [7, 11) is 2.02. The molecule has 0 radical (unpaired) electrons. The van der Waals surface area contributed by atoms with Gasteiger partial charge in [-0.2, -0.15) is 0 Å². The molecule has 19 heavy (non-hydrogen) atoms. The molecule has 3 rings (SSSR count). The molecule has 1 heterocycles. The van der Waals surface area contributed by atoms with Gasteiger partial charge in [-0.15, -0.1) is 0 Å². The number of para-hydroxylation sites is 1. The average molecular weight is 255 g/mol. The normalized spacial score (nSPS) is 16.8. The molecular formula is C15H17N3O. The molecular weight excluding hydrogens is 238 g/mol. The van der Waals surface area contributed by atoms with Gasteiger partial charge in [-0.25, -0.2) is 9.97 Å². The highest BCUT2D eigenvalue weighted by Gasteiger charge is 2.23. The minimum absolute atomic E-state index is 0.374. The lowest BCUT2D eigenvalue weighted by Gasteiger charge is -2.30. The summed E-state index contributed by atoms with van der Waals surface area (Å²) >= 11 is 0. The fourth-order valence-corrected chi connectivity index (χ4v) is 2.61. The fraction of sp³-hybridized carbons (Fsp3) is 0.400. The van der Waals surface area contributed by atoms with E-state index in [0.29, 0.717) is 24.7 Å². The molecule has 98 valence electrons. The second-order valence-electron chi connectivity index (χ2n) is 5.11. The maximum atomic E-state index is 11.3. The summed E-state index contributed by atoms with van der Waals surface area (Å²) in [4.78, 5) is 22.4. The molecule has 1 aliphatic carbocycles. The van der Waals surface area contributed by atoms with Crippen molar-refractivity contribution in [2.24, 2.45) is 0 Å². The zero-order chi connectivity index (χ0) is 13.2. The van der Waals surface area contributed by atoms with Gasteiger partial charge >= 0.3 is 0 Å². The number of hydrogen-bond acceptors (Lipinski definition) is 4. The number of benzene rings is 1. The van der Waals surface area contributed by atoms with E-state index in [1.807, 2.05) is 37.5 Å². The predicted molar refractivity (Wildman–Crippen MR) is 75.2 cm³/mol.